The van der Waals surface area contributed by atoms with Gasteiger partial charge in [-0.2, -0.15) is 0 Å². The van der Waals surface area contributed by atoms with E-state index in [1.165, 1.54) is 0 Å². The fraction of sp³-hybridized carbons (Fsp3) is 0.368. The van der Waals surface area contributed by atoms with Gasteiger partial charge in [0.2, 0.25) is 0 Å². The van der Waals surface area contributed by atoms with Crippen molar-refractivity contribution in [3.63, 3.8) is 0 Å². The van der Waals surface area contributed by atoms with Crippen LogP contribution in [0.3, 0.4) is 0 Å². The Bertz CT molecular complexity index is 659. The maximum Gasteiger partial charge on any atom is 0.251 e. The largest absolute Gasteiger partial charge is 0.497 e. The zero-order chi connectivity index (χ0) is 17.9. The maximum absolute atomic E-state index is 12.0. The Hall–Kier alpha value is -2.76. The number of methoxy groups -OCH3 is 1. The lowest BCUT2D eigenvalue weighted by atomic mass is 10.2. The number of pyridine rings is 1. The lowest BCUT2D eigenvalue weighted by Gasteiger charge is -2.10. The van der Waals surface area contributed by atoms with Gasteiger partial charge in [0.05, 0.1) is 13.7 Å². The van der Waals surface area contributed by atoms with Gasteiger partial charge >= 0.3 is 0 Å². The summed E-state index contributed by atoms with van der Waals surface area (Å²) in [5, 5.41) is 6.05. The van der Waals surface area contributed by atoms with Crippen molar-refractivity contribution in [2.24, 2.45) is 0 Å². The Kier molecular flexibility index (Phi) is 7.56. The van der Waals surface area contributed by atoms with Crippen molar-refractivity contribution in [2.75, 3.05) is 32.1 Å². The number of aromatic nitrogens is 1. The van der Waals surface area contributed by atoms with Crippen LogP contribution in [0.1, 0.15) is 30.1 Å². The molecule has 2 aromatic rings. The van der Waals surface area contributed by atoms with Crippen LogP contribution >= 0.6 is 0 Å². The Morgan fingerprint density at radius 3 is 2.60 bits per heavy atom. The first-order valence-electron chi connectivity index (χ1n) is 8.48. The predicted molar refractivity (Wildman–Crippen MR) is 98.5 cm³/mol. The second kappa shape index (κ2) is 10.2. The third-order valence-corrected chi connectivity index (χ3v) is 3.57. The summed E-state index contributed by atoms with van der Waals surface area (Å²) >= 11 is 0. The number of unbranched alkanes of at least 4 members (excludes halogenated alkanes) is 1. The zero-order valence-electron chi connectivity index (χ0n) is 14.7. The van der Waals surface area contributed by atoms with Crippen LogP contribution in [0, 0.1) is 0 Å². The van der Waals surface area contributed by atoms with Gasteiger partial charge in [-0.25, -0.2) is 4.98 Å². The molecule has 0 saturated heterocycles. The number of nitrogens with zero attached hydrogens (tertiary/aromatic N) is 1. The van der Waals surface area contributed by atoms with E-state index in [-0.39, 0.29) is 5.91 Å². The van der Waals surface area contributed by atoms with E-state index in [2.05, 4.69) is 22.5 Å². The molecule has 134 valence electrons. The van der Waals surface area contributed by atoms with E-state index in [0.717, 1.165) is 24.3 Å². The molecular weight excluding hydrogens is 318 g/mol. The molecular formula is C19H25N3O3. The number of hydrogen-bond acceptors (Lipinski definition) is 5. The van der Waals surface area contributed by atoms with E-state index in [4.69, 9.17) is 9.47 Å². The molecule has 6 nitrogen and oxygen atoms in total. The molecule has 6 heteroatoms. The van der Waals surface area contributed by atoms with E-state index >= 15 is 0 Å². The molecule has 2 N–H and O–H groups in total. The summed E-state index contributed by atoms with van der Waals surface area (Å²) in [7, 11) is 1.63. The first kappa shape index (κ1) is 18.6. The molecule has 1 aromatic heterocycles. The standard InChI is InChI=1S/C19H25N3O3/c1-3-4-10-22-19(23)15-9-11-20-18(14-15)21-12-13-25-17-7-5-16(24-2)6-8-17/h5-9,11,14H,3-4,10,12-13H2,1-2H3,(H,20,21)(H,22,23). The molecule has 0 fully saturated rings. The smallest absolute Gasteiger partial charge is 0.251 e. The fourth-order valence-corrected chi connectivity index (χ4v) is 2.17. The summed E-state index contributed by atoms with van der Waals surface area (Å²) in [4.78, 5) is 16.3. The SMILES string of the molecule is CCCCNC(=O)c1ccnc(NCCOc2ccc(OC)cc2)c1. The molecule has 0 atom stereocenters. The van der Waals surface area contributed by atoms with Crippen LogP contribution in [0.4, 0.5) is 5.82 Å². The van der Waals surface area contributed by atoms with Gasteiger partial charge in [-0.15, -0.1) is 0 Å². The van der Waals surface area contributed by atoms with Crippen molar-refractivity contribution >= 4 is 11.7 Å². The van der Waals surface area contributed by atoms with Gasteiger partial charge in [-0.1, -0.05) is 13.3 Å². The second-order valence-corrected chi connectivity index (χ2v) is 5.49. The molecule has 1 amide bonds. The van der Waals surface area contributed by atoms with Gasteiger partial charge in [-0.05, 0) is 42.8 Å². The molecule has 0 aliphatic carbocycles. The second-order valence-electron chi connectivity index (χ2n) is 5.49. The van der Waals surface area contributed by atoms with Gasteiger partial charge in [0.15, 0.2) is 0 Å². The van der Waals surface area contributed by atoms with Crippen LogP contribution in [-0.2, 0) is 0 Å². The molecule has 0 aliphatic heterocycles. The summed E-state index contributed by atoms with van der Waals surface area (Å²) in [5.41, 5.74) is 0.602. The van der Waals surface area contributed by atoms with E-state index in [0.29, 0.717) is 31.1 Å². The highest BCUT2D eigenvalue weighted by molar-refractivity contribution is 5.94. The highest BCUT2D eigenvalue weighted by Crippen LogP contribution is 2.16. The van der Waals surface area contributed by atoms with Crippen molar-refractivity contribution < 1.29 is 14.3 Å². The summed E-state index contributed by atoms with van der Waals surface area (Å²) in [6.07, 6.45) is 3.66. The highest BCUT2D eigenvalue weighted by atomic mass is 16.5. The molecule has 25 heavy (non-hydrogen) atoms. The minimum Gasteiger partial charge on any atom is -0.497 e. The number of benzene rings is 1. The average molecular weight is 343 g/mol. The molecule has 1 heterocycles. The van der Waals surface area contributed by atoms with Crippen molar-refractivity contribution in [1.29, 1.82) is 0 Å². The summed E-state index contributed by atoms with van der Waals surface area (Å²) in [6.45, 7) is 3.85. The first-order valence-corrected chi connectivity index (χ1v) is 8.48. The van der Waals surface area contributed by atoms with E-state index in [1.807, 2.05) is 24.3 Å². The molecule has 0 spiro atoms. The number of carbonyl (C=O) groups excluding carboxylic acids is 1. The number of rotatable bonds is 10. The lowest BCUT2D eigenvalue weighted by Crippen LogP contribution is -2.24. The normalized spacial score (nSPS) is 10.2. The fourth-order valence-electron chi connectivity index (χ4n) is 2.17. The molecule has 0 radical (unpaired) electrons. The Labute approximate surface area is 148 Å². The van der Waals surface area contributed by atoms with E-state index in [1.54, 1.807) is 25.4 Å². The van der Waals surface area contributed by atoms with Crippen LogP contribution < -0.4 is 20.1 Å². The summed E-state index contributed by atoms with van der Waals surface area (Å²) < 4.78 is 10.8. The predicted octanol–water partition coefficient (Wildman–Crippen LogP) is 3.11. The van der Waals surface area contributed by atoms with Crippen LogP contribution in [0.5, 0.6) is 11.5 Å². The number of ether oxygens (including phenoxy) is 2. The van der Waals surface area contributed by atoms with Crippen LogP contribution in [-0.4, -0.2) is 37.7 Å². The molecule has 0 saturated carbocycles. The van der Waals surface area contributed by atoms with Crippen molar-refractivity contribution in [3.05, 3.63) is 48.2 Å². The van der Waals surface area contributed by atoms with Crippen molar-refractivity contribution in [1.82, 2.24) is 10.3 Å². The minimum absolute atomic E-state index is 0.0756. The summed E-state index contributed by atoms with van der Waals surface area (Å²) in [6, 6.07) is 10.9. The Morgan fingerprint density at radius 1 is 1.12 bits per heavy atom. The van der Waals surface area contributed by atoms with Gasteiger partial charge < -0.3 is 20.1 Å². The van der Waals surface area contributed by atoms with Crippen LogP contribution in [0.25, 0.3) is 0 Å². The summed E-state index contributed by atoms with van der Waals surface area (Å²) in [5.74, 6) is 2.15. The van der Waals surface area contributed by atoms with E-state index in [9.17, 15) is 4.79 Å². The molecule has 0 bridgehead atoms. The van der Waals surface area contributed by atoms with Crippen molar-refractivity contribution in [2.45, 2.75) is 19.8 Å². The minimum atomic E-state index is -0.0756. The van der Waals surface area contributed by atoms with Crippen LogP contribution in [0.2, 0.25) is 0 Å². The maximum atomic E-state index is 12.0. The monoisotopic (exact) mass is 343 g/mol. The third kappa shape index (κ3) is 6.33. The highest BCUT2D eigenvalue weighted by Gasteiger charge is 2.06. The molecule has 0 aliphatic rings. The number of anilines is 1. The average Bonchev–Trinajstić information content (AvgIpc) is 2.66. The zero-order valence-corrected chi connectivity index (χ0v) is 14.7. The molecule has 2 rings (SSSR count). The van der Waals surface area contributed by atoms with Crippen molar-refractivity contribution in [3.8, 4) is 11.5 Å². The molecule has 1 aromatic carbocycles. The molecule has 0 unspecified atom stereocenters. The quantitative estimate of drug-likeness (QED) is 0.649. The van der Waals surface area contributed by atoms with Gasteiger partial charge in [0, 0.05) is 18.3 Å². The first-order chi connectivity index (χ1) is 12.2. The number of carbonyl (C=O) groups is 1. The van der Waals surface area contributed by atoms with Crippen LogP contribution in [0.15, 0.2) is 42.6 Å². The number of amides is 1. The van der Waals surface area contributed by atoms with E-state index < -0.39 is 0 Å². The Balaban J connectivity index is 1.76. The lowest BCUT2D eigenvalue weighted by molar-refractivity contribution is 0.0953. The number of hydrogen-bond donors (Lipinski definition) is 2. The number of nitrogens with one attached hydrogen (secondary N) is 2. The van der Waals surface area contributed by atoms with Gasteiger partial charge in [0.25, 0.3) is 5.91 Å². The topological polar surface area (TPSA) is 72.5 Å². The Morgan fingerprint density at radius 2 is 1.88 bits per heavy atom. The third-order valence-electron chi connectivity index (χ3n) is 3.57. The van der Waals surface area contributed by atoms with Gasteiger partial charge in [-0.3, -0.25) is 4.79 Å². The van der Waals surface area contributed by atoms with Gasteiger partial charge in [0.1, 0.15) is 23.9 Å².